The maximum Gasteiger partial charge on any atom is 0.119 e. The Hall–Kier alpha value is -2.11. The van der Waals surface area contributed by atoms with Crippen molar-refractivity contribution < 1.29 is 9.84 Å². The fourth-order valence-electron chi connectivity index (χ4n) is 3.23. The Kier molecular flexibility index (Phi) is 6.25. The van der Waals surface area contributed by atoms with E-state index in [2.05, 4.69) is 39.0 Å². The molecule has 134 valence electrons. The van der Waals surface area contributed by atoms with Gasteiger partial charge in [0.05, 0.1) is 6.61 Å². The van der Waals surface area contributed by atoms with Crippen LogP contribution < -0.4 is 9.64 Å². The predicted octanol–water partition coefficient (Wildman–Crippen LogP) is 2.47. The lowest BCUT2D eigenvalue weighted by Gasteiger charge is -2.24. The zero-order valence-electron chi connectivity index (χ0n) is 14.9. The number of hydrogen-bond acceptors (Lipinski definition) is 5. The van der Waals surface area contributed by atoms with Crippen LogP contribution in [0.3, 0.4) is 0 Å². The van der Waals surface area contributed by atoms with Crippen LogP contribution in [0.1, 0.15) is 17.7 Å². The van der Waals surface area contributed by atoms with Crippen LogP contribution in [0.25, 0.3) is 0 Å². The Morgan fingerprint density at radius 2 is 1.92 bits per heavy atom. The number of benzene rings is 1. The summed E-state index contributed by atoms with van der Waals surface area (Å²) in [6.45, 7) is 7.70. The van der Waals surface area contributed by atoms with Crippen LogP contribution in [0.5, 0.6) is 5.75 Å². The van der Waals surface area contributed by atoms with Crippen molar-refractivity contribution in [2.75, 3.05) is 44.3 Å². The Morgan fingerprint density at radius 1 is 1.08 bits per heavy atom. The van der Waals surface area contributed by atoms with Crippen molar-refractivity contribution in [2.45, 2.75) is 19.9 Å². The summed E-state index contributed by atoms with van der Waals surface area (Å²) < 4.78 is 5.42. The highest BCUT2D eigenvalue weighted by atomic mass is 16.5. The lowest BCUT2D eigenvalue weighted by molar-refractivity contribution is 0.201. The Labute approximate surface area is 149 Å². The topological polar surface area (TPSA) is 48.8 Å². The van der Waals surface area contributed by atoms with Crippen molar-refractivity contribution in [3.05, 3.63) is 53.9 Å². The maximum absolute atomic E-state index is 8.80. The van der Waals surface area contributed by atoms with Crippen LogP contribution in [0.4, 0.5) is 5.69 Å². The van der Waals surface area contributed by atoms with Gasteiger partial charge in [-0.3, -0.25) is 9.88 Å². The van der Waals surface area contributed by atoms with Crippen LogP contribution in [0.15, 0.2) is 42.6 Å². The second-order valence-corrected chi connectivity index (χ2v) is 6.49. The summed E-state index contributed by atoms with van der Waals surface area (Å²) in [5.74, 6) is 0.813. The first kappa shape index (κ1) is 17.7. The molecular weight excluding hydrogens is 314 g/mol. The molecule has 0 saturated carbocycles. The van der Waals surface area contributed by atoms with Crippen LogP contribution in [0.2, 0.25) is 0 Å². The predicted molar refractivity (Wildman–Crippen MR) is 100 cm³/mol. The summed E-state index contributed by atoms with van der Waals surface area (Å²) in [7, 11) is 0. The third kappa shape index (κ3) is 5.18. The minimum Gasteiger partial charge on any atom is -0.491 e. The van der Waals surface area contributed by atoms with Gasteiger partial charge in [-0.25, -0.2) is 0 Å². The lowest BCUT2D eigenvalue weighted by Crippen LogP contribution is -2.30. The van der Waals surface area contributed by atoms with Crippen LogP contribution >= 0.6 is 0 Å². The molecule has 25 heavy (non-hydrogen) atoms. The molecule has 3 rings (SSSR count). The second kappa shape index (κ2) is 8.83. The average Bonchev–Trinajstić information content (AvgIpc) is 2.87. The number of hydrogen-bond donors (Lipinski definition) is 1. The van der Waals surface area contributed by atoms with Gasteiger partial charge in [-0.2, -0.15) is 0 Å². The summed E-state index contributed by atoms with van der Waals surface area (Å²) in [5.41, 5.74) is 3.64. The fraction of sp³-hybridized carbons (Fsp3) is 0.450. The number of ether oxygens (including phenoxy) is 1. The maximum atomic E-state index is 8.80. The van der Waals surface area contributed by atoms with Gasteiger partial charge in [0.15, 0.2) is 0 Å². The second-order valence-electron chi connectivity index (χ2n) is 6.49. The SMILES string of the molecule is Cc1cc(N2CCCN(Cc3ccc(OCCO)cc3)CC2)ccn1. The minimum atomic E-state index is 0.0447. The summed E-state index contributed by atoms with van der Waals surface area (Å²) in [6.07, 6.45) is 3.06. The van der Waals surface area contributed by atoms with Gasteiger partial charge in [-0.15, -0.1) is 0 Å². The van der Waals surface area contributed by atoms with E-state index in [1.54, 1.807) is 0 Å². The van der Waals surface area contributed by atoms with Crippen LogP contribution in [0, 0.1) is 6.92 Å². The molecule has 1 aromatic heterocycles. The van der Waals surface area contributed by atoms with Crippen molar-refractivity contribution in [1.82, 2.24) is 9.88 Å². The van der Waals surface area contributed by atoms with E-state index >= 15 is 0 Å². The Balaban J connectivity index is 1.54. The van der Waals surface area contributed by atoms with Crippen LogP contribution in [-0.4, -0.2) is 54.4 Å². The molecular formula is C20H27N3O2. The third-order valence-electron chi connectivity index (χ3n) is 4.52. The summed E-state index contributed by atoms with van der Waals surface area (Å²) in [5, 5.41) is 8.80. The van der Waals surface area contributed by atoms with Gasteiger partial charge in [-0.1, -0.05) is 12.1 Å². The van der Waals surface area contributed by atoms with Crippen molar-refractivity contribution in [3.63, 3.8) is 0 Å². The number of nitrogens with zero attached hydrogens (tertiary/aromatic N) is 3. The van der Waals surface area contributed by atoms with Gasteiger partial charge in [0.25, 0.3) is 0 Å². The molecule has 0 unspecified atom stereocenters. The lowest BCUT2D eigenvalue weighted by atomic mass is 10.2. The Morgan fingerprint density at radius 3 is 2.68 bits per heavy atom. The first-order valence-corrected chi connectivity index (χ1v) is 8.97. The number of rotatable bonds is 6. The van der Waals surface area contributed by atoms with Gasteiger partial charge < -0.3 is 14.7 Å². The van der Waals surface area contributed by atoms with Crippen molar-refractivity contribution in [1.29, 1.82) is 0 Å². The van der Waals surface area contributed by atoms with Gasteiger partial charge in [0, 0.05) is 50.3 Å². The van der Waals surface area contributed by atoms with E-state index in [9.17, 15) is 0 Å². The molecule has 1 aromatic carbocycles. The monoisotopic (exact) mass is 341 g/mol. The molecule has 1 fully saturated rings. The molecule has 0 spiro atoms. The molecule has 1 saturated heterocycles. The van der Waals surface area contributed by atoms with Crippen molar-refractivity contribution in [3.8, 4) is 5.75 Å². The minimum absolute atomic E-state index is 0.0447. The van der Waals surface area contributed by atoms with E-state index in [1.807, 2.05) is 25.3 Å². The smallest absolute Gasteiger partial charge is 0.119 e. The summed E-state index contributed by atoms with van der Waals surface area (Å²) >= 11 is 0. The average molecular weight is 341 g/mol. The fourth-order valence-corrected chi connectivity index (χ4v) is 3.23. The van der Waals surface area contributed by atoms with Crippen molar-refractivity contribution >= 4 is 5.69 Å². The molecule has 5 heteroatoms. The van der Waals surface area contributed by atoms with E-state index in [1.165, 1.54) is 17.7 Å². The molecule has 0 atom stereocenters. The number of aliphatic hydroxyl groups excluding tert-OH is 1. The highest BCUT2D eigenvalue weighted by Crippen LogP contribution is 2.18. The molecule has 5 nitrogen and oxygen atoms in total. The molecule has 2 heterocycles. The zero-order chi connectivity index (χ0) is 17.5. The number of aryl methyl sites for hydroxylation is 1. The largest absolute Gasteiger partial charge is 0.491 e. The van der Waals surface area contributed by atoms with Gasteiger partial charge >= 0.3 is 0 Å². The third-order valence-corrected chi connectivity index (χ3v) is 4.52. The number of aromatic nitrogens is 1. The van der Waals surface area contributed by atoms with E-state index in [4.69, 9.17) is 9.84 Å². The molecule has 0 bridgehead atoms. The number of aliphatic hydroxyl groups is 1. The first-order chi connectivity index (χ1) is 12.2. The van der Waals surface area contributed by atoms with E-state index < -0.39 is 0 Å². The van der Waals surface area contributed by atoms with E-state index in [-0.39, 0.29) is 6.61 Å². The van der Waals surface area contributed by atoms with Gasteiger partial charge in [0.1, 0.15) is 12.4 Å². The Bertz CT molecular complexity index is 660. The number of anilines is 1. The quantitative estimate of drug-likeness (QED) is 0.875. The standard InChI is InChI=1S/C20H27N3O2/c1-17-15-19(7-8-21-17)23-10-2-9-22(11-12-23)16-18-3-5-20(6-4-18)25-14-13-24/h3-8,15,24H,2,9-14,16H2,1H3. The molecule has 1 aliphatic rings. The van der Waals surface area contributed by atoms with E-state index in [0.717, 1.165) is 44.2 Å². The van der Waals surface area contributed by atoms with Crippen molar-refractivity contribution in [2.24, 2.45) is 0 Å². The first-order valence-electron chi connectivity index (χ1n) is 8.97. The number of pyridine rings is 1. The highest BCUT2D eigenvalue weighted by molar-refractivity contribution is 5.46. The molecule has 1 aliphatic heterocycles. The zero-order valence-corrected chi connectivity index (χ0v) is 14.9. The molecule has 0 radical (unpaired) electrons. The van der Waals surface area contributed by atoms with Gasteiger partial charge in [-0.05, 0) is 43.2 Å². The molecule has 2 aromatic rings. The highest BCUT2D eigenvalue weighted by Gasteiger charge is 2.15. The molecule has 0 aliphatic carbocycles. The normalized spacial score (nSPS) is 15.8. The summed E-state index contributed by atoms with van der Waals surface area (Å²) in [4.78, 5) is 9.26. The van der Waals surface area contributed by atoms with Gasteiger partial charge in [0.2, 0.25) is 0 Å². The van der Waals surface area contributed by atoms with E-state index in [0.29, 0.717) is 6.61 Å². The van der Waals surface area contributed by atoms with Crippen LogP contribution in [-0.2, 0) is 6.54 Å². The summed E-state index contributed by atoms with van der Waals surface area (Å²) in [6, 6.07) is 12.5. The molecule has 1 N–H and O–H groups in total. The molecule has 0 amide bonds.